The van der Waals surface area contributed by atoms with E-state index in [0.29, 0.717) is 10.7 Å². The standard InChI is InChI=1S/C17H17F3N6O2S/c1-21-16(28)13-10(23-14-11(29-2)4-3-5-22-14)7-12(25-26-13)24-15(27)8-6-9(8)17(18,19)20/h3-5,7-9H,6H2,1-2H3,(H,21,28)(H2,22,23,24,25,27)/t8?,9-/m1/s1/i1D3. The SMILES string of the molecule is [2H]C([2H])([2H])NC(=O)c1nnc(NC(=O)C2C[C@H]2C(F)(F)F)cc1Nc1ncccc1SC. The number of carbonyl (C=O) groups excluding carboxylic acids is 2. The second-order valence-electron chi connectivity index (χ2n) is 6.10. The van der Waals surface area contributed by atoms with Crippen molar-refractivity contribution in [2.24, 2.45) is 11.8 Å². The summed E-state index contributed by atoms with van der Waals surface area (Å²) in [5, 5.41) is 14.2. The molecule has 0 bridgehead atoms. The lowest BCUT2D eigenvalue weighted by Crippen LogP contribution is -2.23. The molecule has 29 heavy (non-hydrogen) atoms. The minimum Gasteiger partial charge on any atom is -0.354 e. The molecular weight excluding hydrogens is 409 g/mol. The molecule has 2 amide bonds. The maximum absolute atomic E-state index is 12.7. The number of nitrogens with one attached hydrogen (secondary N) is 3. The molecular formula is C17H17F3N6O2S. The van der Waals surface area contributed by atoms with Crippen molar-refractivity contribution in [1.29, 1.82) is 0 Å². The summed E-state index contributed by atoms with van der Waals surface area (Å²) >= 11 is 1.34. The Morgan fingerprint density at radius 3 is 2.79 bits per heavy atom. The van der Waals surface area contributed by atoms with Crippen molar-refractivity contribution in [2.45, 2.75) is 17.5 Å². The second-order valence-corrected chi connectivity index (χ2v) is 6.95. The molecule has 1 unspecified atom stereocenters. The van der Waals surface area contributed by atoms with E-state index in [1.54, 1.807) is 23.7 Å². The molecule has 1 aliphatic rings. The van der Waals surface area contributed by atoms with E-state index in [0.717, 1.165) is 0 Å². The Hall–Kier alpha value is -2.89. The van der Waals surface area contributed by atoms with Crippen molar-refractivity contribution in [3.05, 3.63) is 30.1 Å². The van der Waals surface area contributed by atoms with Gasteiger partial charge in [-0.15, -0.1) is 22.0 Å². The Kier molecular flexibility index (Phi) is 4.83. The highest BCUT2D eigenvalue weighted by Crippen LogP contribution is 2.50. The number of rotatable bonds is 6. The number of halogens is 3. The molecule has 0 aromatic carbocycles. The summed E-state index contributed by atoms with van der Waals surface area (Å²) in [6.45, 7) is -2.79. The minimum absolute atomic E-state index is 0.0470. The van der Waals surface area contributed by atoms with Crippen LogP contribution in [-0.2, 0) is 4.79 Å². The lowest BCUT2D eigenvalue weighted by molar-refractivity contribution is -0.153. The number of alkyl halides is 3. The summed E-state index contributed by atoms with van der Waals surface area (Å²) in [6.07, 6.45) is -1.53. The molecule has 0 aliphatic heterocycles. The Morgan fingerprint density at radius 2 is 2.14 bits per heavy atom. The van der Waals surface area contributed by atoms with Gasteiger partial charge in [-0.1, -0.05) is 0 Å². The van der Waals surface area contributed by atoms with E-state index in [9.17, 15) is 22.8 Å². The number of hydrogen-bond acceptors (Lipinski definition) is 7. The summed E-state index contributed by atoms with van der Waals surface area (Å²) in [7, 11) is 0. The maximum Gasteiger partial charge on any atom is 0.392 e. The molecule has 0 radical (unpaired) electrons. The molecule has 2 aromatic heterocycles. The lowest BCUT2D eigenvalue weighted by atomic mass is 10.2. The maximum atomic E-state index is 12.7. The van der Waals surface area contributed by atoms with Crippen LogP contribution < -0.4 is 16.0 Å². The first-order valence-corrected chi connectivity index (χ1v) is 9.45. The summed E-state index contributed by atoms with van der Waals surface area (Å²) in [6, 6.07) is 4.59. The Labute approximate surface area is 172 Å². The Bertz CT molecular complexity index is 1040. The highest BCUT2D eigenvalue weighted by atomic mass is 32.2. The van der Waals surface area contributed by atoms with Crippen LogP contribution in [0.1, 0.15) is 21.0 Å². The largest absolute Gasteiger partial charge is 0.392 e. The predicted octanol–water partition coefficient (Wildman–Crippen LogP) is 2.83. The zero-order valence-corrected chi connectivity index (χ0v) is 15.7. The molecule has 2 aromatic rings. The number of pyridine rings is 1. The van der Waals surface area contributed by atoms with Crippen LogP contribution in [0.4, 0.5) is 30.5 Å². The second kappa shape index (κ2) is 8.23. The smallest absolute Gasteiger partial charge is 0.354 e. The molecule has 1 saturated carbocycles. The molecule has 8 nitrogen and oxygen atoms in total. The van der Waals surface area contributed by atoms with Crippen molar-refractivity contribution in [3.63, 3.8) is 0 Å². The highest BCUT2D eigenvalue weighted by molar-refractivity contribution is 7.98. The fraction of sp³-hybridized carbons (Fsp3) is 0.353. The monoisotopic (exact) mass is 429 g/mol. The number of nitrogens with zero attached hydrogens (tertiary/aromatic N) is 3. The van der Waals surface area contributed by atoms with E-state index in [2.05, 4.69) is 25.8 Å². The number of amides is 2. The van der Waals surface area contributed by atoms with Gasteiger partial charge in [0.25, 0.3) is 5.91 Å². The van der Waals surface area contributed by atoms with Crippen LogP contribution in [-0.4, -0.2) is 46.4 Å². The highest BCUT2D eigenvalue weighted by Gasteiger charge is 2.58. The van der Waals surface area contributed by atoms with Crippen molar-refractivity contribution in [2.75, 3.05) is 23.9 Å². The van der Waals surface area contributed by atoms with Gasteiger partial charge in [0, 0.05) is 28.2 Å². The fourth-order valence-electron chi connectivity index (χ4n) is 2.62. The molecule has 3 rings (SSSR count). The summed E-state index contributed by atoms with van der Waals surface area (Å²) in [5.74, 6) is -4.79. The molecule has 2 heterocycles. The van der Waals surface area contributed by atoms with E-state index < -0.39 is 42.5 Å². The third-order valence-electron chi connectivity index (χ3n) is 4.17. The number of carbonyl (C=O) groups is 2. The van der Waals surface area contributed by atoms with Crippen molar-refractivity contribution in [3.8, 4) is 0 Å². The van der Waals surface area contributed by atoms with Crippen LogP contribution in [0.3, 0.4) is 0 Å². The van der Waals surface area contributed by atoms with E-state index in [1.807, 2.05) is 0 Å². The van der Waals surface area contributed by atoms with Gasteiger partial charge >= 0.3 is 6.18 Å². The number of thioether (sulfide) groups is 1. The van der Waals surface area contributed by atoms with Gasteiger partial charge in [-0.3, -0.25) is 9.59 Å². The minimum atomic E-state index is -4.47. The fourth-order valence-corrected chi connectivity index (χ4v) is 3.13. The number of hydrogen-bond donors (Lipinski definition) is 3. The van der Waals surface area contributed by atoms with Gasteiger partial charge in [0.1, 0.15) is 5.82 Å². The van der Waals surface area contributed by atoms with Crippen molar-refractivity contribution in [1.82, 2.24) is 20.5 Å². The first-order chi connectivity index (χ1) is 14.9. The van der Waals surface area contributed by atoms with Crippen molar-refractivity contribution < 1.29 is 26.9 Å². The summed E-state index contributed by atoms with van der Waals surface area (Å²) in [5.41, 5.74) is -0.453. The molecule has 0 saturated heterocycles. The van der Waals surface area contributed by atoms with Crippen molar-refractivity contribution >= 4 is 40.9 Å². The average Bonchev–Trinajstić information content (AvgIpc) is 3.48. The van der Waals surface area contributed by atoms with Crippen LogP contribution in [0, 0.1) is 11.8 Å². The molecule has 12 heteroatoms. The summed E-state index contributed by atoms with van der Waals surface area (Å²) in [4.78, 5) is 29.4. The third-order valence-corrected chi connectivity index (χ3v) is 4.93. The van der Waals surface area contributed by atoms with Gasteiger partial charge in [-0.05, 0) is 24.8 Å². The van der Waals surface area contributed by atoms with Gasteiger partial charge in [-0.2, -0.15) is 13.2 Å². The van der Waals surface area contributed by atoms with Gasteiger partial charge < -0.3 is 16.0 Å². The normalized spacial score (nSPS) is 20.1. The van der Waals surface area contributed by atoms with Gasteiger partial charge in [0.05, 0.1) is 17.5 Å². The van der Waals surface area contributed by atoms with Gasteiger partial charge in [-0.25, -0.2) is 4.98 Å². The van der Waals surface area contributed by atoms with E-state index >= 15 is 0 Å². The van der Waals surface area contributed by atoms with Crippen LogP contribution >= 0.6 is 11.8 Å². The lowest BCUT2D eigenvalue weighted by Gasteiger charge is -2.13. The predicted molar refractivity (Wildman–Crippen MR) is 101 cm³/mol. The van der Waals surface area contributed by atoms with Gasteiger partial charge in [0.15, 0.2) is 11.5 Å². The van der Waals surface area contributed by atoms with E-state index in [1.165, 1.54) is 24.0 Å². The van der Waals surface area contributed by atoms with Crippen LogP contribution in [0.2, 0.25) is 0 Å². The first kappa shape index (κ1) is 17.0. The first-order valence-electron chi connectivity index (χ1n) is 9.73. The molecule has 3 N–H and O–H groups in total. The zero-order chi connectivity index (χ0) is 23.7. The zero-order valence-electron chi connectivity index (χ0n) is 17.9. The molecule has 154 valence electrons. The van der Waals surface area contributed by atoms with Crippen LogP contribution in [0.5, 0.6) is 0 Å². The van der Waals surface area contributed by atoms with Gasteiger partial charge in [0.2, 0.25) is 5.91 Å². The Morgan fingerprint density at radius 1 is 1.34 bits per heavy atom. The van der Waals surface area contributed by atoms with E-state index in [4.69, 9.17) is 4.11 Å². The topological polar surface area (TPSA) is 109 Å². The Balaban J connectivity index is 1.88. The van der Waals surface area contributed by atoms with E-state index in [-0.39, 0.29) is 17.9 Å². The average molecular weight is 429 g/mol. The van der Waals surface area contributed by atoms with Crippen LogP contribution in [0.25, 0.3) is 0 Å². The van der Waals surface area contributed by atoms with Crippen LogP contribution in [0.15, 0.2) is 29.3 Å². The molecule has 1 aliphatic carbocycles. The quantitative estimate of drug-likeness (QED) is 0.606. The molecule has 2 atom stereocenters. The third kappa shape index (κ3) is 4.75. The molecule has 1 fully saturated rings. The summed E-state index contributed by atoms with van der Waals surface area (Å²) < 4.78 is 59.8. The number of anilines is 3. The molecule has 0 spiro atoms. The number of aromatic nitrogens is 3.